The Kier molecular flexibility index (Phi) is 6.91. The number of amides is 1. The van der Waals surface area contributed by atoms with Gasteiger partial charge in [-0.25, -0.2) is 18.4 Å². The van der Waals surface area contributed by atoms with Crippen molar-refractivity contribution < 1.29 is 13.2 Å². The van der Waals surface area contributed by atoms with Crippen molar-refractivity contribution in [2.24, 2.45) is 0 Å². The first-order valence-corrected chi connectivity index (χ1v) is 14.6. The van der Waals surface area contributed by atoms with Gasteiger partial charge in [-0.2, -0.15) is 0 Å². The summed E-state index contributed by atoms with van der Waals surface area (Å²) in [6, 6.07) is 33.0. The van der Waals surface area contributed by atoms with Gasteiger partial charge in [0.25, 0.3) is 0 Å². The highest BCUT2D eigenvalue weighted by atomic mass is 32.2. The number of rotatable bonds is 7. The number of nitrogens with one attached hydrogen (secondary N) is 1. The first-order chi connectivity index (χ1) is 19.9. The minimum atomic E-state index is -4.13. The maximum Gasteiger partial charge on any atom is 0.249 e. The highest BCUT2D eigenvalue weighted by molar-refractivity contribution is 7.92. The maximum atomic E-state index is 14.3. The lowest BCUT2D eigenvalue weighted by Crippen LogP contribution is -2.16. The van der Waals surface area contributed by atoms with Crippen molar-refractivity contribution in [3.05, 3.63) is 132 Å². The number of aromatic nitrogens is 3. The van der Waals surface area contributed by atoms with Gasteiger partial charge in [-0.15, -0.1) is 0 Å². The topological polar surface area (TPSA) is 94.0 Å². The van der Waals surface area contributed by atoms with Crippen LogP contribution in [0.15, 0.2) is 125 Å². The molecule has 4 aromatic carbocycles. The largest absolute Gasteiger partial charge is 0.307 e. The Morgan fingerprint density at radius 1 is 0.805 bits per heavy atom. The molecule has 41 heavy (non-hydrogen) atoms. The summed E-state index contributed by atoms with van der Waals surface area (Å²) in [5.41, 5.74) is 4.42. The molecule has 2 aromatic heterocycles. The van der Waals surface area contributed by atoms with Crippen molar-refractivity contribution in [2.45, 2.75) is 23.3 Å². The lowest BCUT2D eigenvalue weighted by Gasteiger charge is -2.13. The summed E-state index contributed by atoms with van der Waals surface area (Å²) in [6.07, 6.45) is 3.07. The molecule has 0 atom stereocenters. The maximum absolute atomic E-state index is 14.3. The van der Waals surface area contributed by atoms with E-state index in [-0.39, 0.29) is 27.7 Å². The van der Waals surface area contributed by atoms with Crippen LogP contribution in [0.2, 0.25) is 0 Å². The molecule has 0 fully saturated rings. The van der Waals surface area contributed by atoms with Crippen LogP contribution in [0, 0.1) is 6.92 Å². The molecule has 0 aliphatic carbocycles. The summed E-state index contributed by atoms with van der Waals surface area (Å²) in [7, 11) is -4.13. The minimum absolute atomic E-state index is 0.0907. The minimum Gasteiger partial charge on any atom is -0.307 e. The van der Waals surface area contributed by atoms with E-state index in [2.05, 4.69) is 5.32 Å². The summed E-state index contributed by atoms with van der Waals surface area (Å²) < 4.78 is 30.3. The molecule has 0 aliphatic heterocycles. The van der Waals surface area contributed by atoms with Gasteiger partial charge in [0.2, 0.25) is 15.7 Å². The average Bonchev–Trinajstić information content (AvgIpc) is 3.28. The normalized spacial score (nSPS) is 11.8. The quantitative estimate of drug-likeness (QED) is 0.228. The molecule has 202 valence electrons. The van der Waals surface area contributed by atoms with Crippen LogP contribution in [-0.4, -0.2) is 28.9 Å². The van der Waals surface area contributed by atoms with Crippen LogP contribution < -0.4 is 5.32 Å². The molecule has 0 radical (unpaired) electrons. The fourth-order valence-electron chi connectivity index (χ4n) is 4.70. The second kappa shape index (κ2) is 10.8. The number of benzene rings is 4. The van der Waals surface area contributed by atoms with Gasteiger partial charge < -0.3 is 9.88 Å². The third kappa shape index (κ3) is 5.25. The number of aryl methyl sites for hydroxylation is 1. The molecule has 8 heteroatoms. The van der Waals surface area contributed by atoms with Crippen LogP contribution in [0.3, 0.4) is 0 Å². The molecule has 7 nitrogen and oxygen atoms in total. The van der Waals surface area contributed by atoms with Crippen LogP contribution in [0.4, 0.5) is 5.82 Å². The molecule has 0 spiro atoms. The zero-order valence-corrected chi connectivity index (χ0v) is 23.0. The number of hydrogen-bond donors (Lipinski definition) is 1. The number of carbonyl (C=O) groups is 1. The van der Waals surface area contributed by atoms with Crippen molar-refractivity contribution in [3.63, 3.8) is 0 Å². The molecule has 1 amide bonds. The number of fused-ring (bicyclic) bond motifs is 2. The van der Waals surface area contributed by atoms with Crippen molar-refractivity contribution in [1.82, 2.24) is 14.5 Å². The number of hydrogen-bond acceptors (Lipinski definition) is 5. The molecule has 6 rings (SSSR count). The number of sulfone groups is 1. The molecule has 0 saturated carbocycles. The summed E-state index contributed by atoms with van der Waals surface area (Å²) in [5.74, 6) is -0.363. The van der Waals surface area contributed by atoms with Gasteiger partial charge in [0, 0.05) is 6.08 Å². The van der Waals surface area contributed by atoms with E-state index >= 15 is 0 Å². The van der Waals surface area contributed by atoms with Gasteiger partial charge in [-0.1, -0.05) is 90.5 Å². The van der Waals surface area contributed by atoms with E-state index in [1.165, 1.54) is 6.08 Å². The van der Waals surface area contributed by atoms with Gasteiger partial charge in [0.05, 0.1) is 22.5 Å². The second-order valence-corrected chi connectivity index (χ2v) is 11.6. The molecule has 0 unspecified atom stereocenters. The van der Waals surface area contributed by atoms with Gasteiger partial charge in [-0.05, 0) is 48.4 Å². The predicted molar refractivity (Wildman–Crippen MR) is 161 cm³/mol. The standard InChI is InChI=1S/C33H26N4O3S/c1-23-16-19-26(20-17-23)41(39,40)31-30-32(35-28-15-9-8-14-27(28)34-30)37(22-25-12-6-3-7-13-25)33(31)36-29(38)21-18-24-10-4-2-5-11-24/h2-21H,22H2,1H3,(H,36,38)/b21-18+. The Morgan fingerprint density at radius 2 is 1.41 bits per heavy atom. The molecule has 2 heterocycles. The van der Waals surface area contributed by atoms with Gasteiger partial charge in [0.1, 0.15) is 16.2 Å². The Bertz CT molecular complexity index is 2020. The molecule has 0 saturated heterocycles. The van der Waals surface area contributed by atoms with E-state index in [1.807, 2.05) is 85.8 Å². The Morgan fingerprint density at radius 3 is 2.10 bits per heavy atom. The third-order valence-electron chi connectivity index (χ3n) is 6.76. The highest BCUT2D eigenvalue weighted by Crippen LogP contribution is 2.37. The van der Waals surface area contributed by atoms with Crippen LogP contribution in [0.5, 0.6) is 0 Å². The number of anilines is 1. The zero-order chi connectivity index (χ0) is 28.4. The lowest BCUT2D eigenvalue weighted by atomic mass is 10.2. The van der Waals surface area contributed by atoms with Crippen molar-refractivity contribution in [3.8, 4) is 0 Å². The molecule has 0 bridgehead atoms. The monoisotopic (exact) mass is 558 g/mol. The number of para-hydroxylation sites is 2. The third-order valence-corrected chi connectivity index (χ3v) is 8.58. The van der Waals surface area contributed by atoms with Crippen LogP contribution in [-0.2, 0) is 21.2 Å². The molecular formula is C33H26N4O3S. The molecular weight excluding hydrogens is 532 g/mol. The second-order valence-electron chi connectivity index (χ2n) is 9.68. The highest BCUT2D eigenvalue weighted by Gasteiger charge is 2.32. The van der Waals surface area contributed by atoms with Gasteiger partial charge in [0.15, 0.2) is 5.65 Å². The van der Waals surface area contributed by atoms with Gasteiger partial charge in [-0.3, -0.25) is 4.79 Å². The van der Waals surface area contributed by atoms with Crippen LogP contribution >= 0.6 is 0 Å². The number of nitrogens with zero attached hydrogens (tertiary/aromatic N) is 3. The summed E-state index contributed by atoms with van der Waals surface area (Å²) >= 11 is 0. The van der Waals surface area contributed by atoms with E-state index in [1.54, 1.807) is 41.0 Å². The summed E-state index contributed by atoms with van der Waals surface area (Å²) in [4.78, 5) is 23.0. The van der Waals surface area contributed by atoms with Crippen molar-refractivity contribution in [2.75, 3.05) is 5.32 Å². The van der Waals surface area contributed by atoms with Crippen LogP contribution in [0.1, 0.15) is 16.7 Å². The van der Waals surface area contributed by atoms with Crippen molar-refractivity contribution in [1.29, 1.82) is 0 Å². The summed E-state index contributed by atoms with van der Waals surface area (Å²) in [6.45, 7) is 2.16. The molecule has 0 aliphatic rings. The first kappa shape index (κ1) is 26.2. The number of carbonyl (C=O) groups excluding carboxylic acids is 1. The smallest absolute Gasteiger partial charge is 0.249 e. The average molecular weight is 559 g/mol. The van der Waals surface area contributed by atoms with E-state index in [4.69, 9.17) is 9.97 Å². The Labute approximate surface area is 237 Å². The van der Waals surface area contributed by atoms with Gasteiger partial charge >= 0.3 is 0 Å². The first-order valence-electron chi connectivity index (χ1n) is 13.1. The fourth-order valence-corrected chi connectivity index (χ4v) is 6.24. The van der Waals surface area contributed by atoms with Crippen molar-refractivity contribution >= 4 is 49.8 Å². The van der Waals surface area contributed by atoms with E-state index in [9.17, 15) is 13.2 Å². The molecule has 6 aromatic rings. The lowest BCUT2D eigenvalue weighted by molar-refractivity contribution is -0.111. The summed E-state index contributed by atoms with van der Waals surface area (Å²) in [5, 5.41) is 2.88. The van der Waals surface area contributed by atoms with E-state index < -0.39 is 15.7 Å². The Balaban J connectivity index is 1.60. The molecule has 1 N–H and O–H groups in total. The van der Waals surface area contributed by atoms with E-state index in [0.717, 1.165) is 16.7 Å². The predicted octanol–water partition coefficient (Wildman–Crippen LogP) is 6.43. The van der Waals surface area contributed by atoms with Crippen LogP contribution in [0.25, 0.3) is 28.3 Å². The fraction of sp³-hybridized carbons (Fsp3) is 0.0606. The zero-order valence-electron chi connectivity index (χ0n) is 22.2. The Hall–Kier alpha value is -5.08. The SMILES string of the molecule is Cc1ccc(S(=O)(=O)c2c(NC(=O)/C=C/c3ccccc3)n(Cc3ccccc3)c3nc4ccccc4nc23)cc1. The van der Waals surface area contributed by atoms with E-state index in [0.29, 0.717) is 16.7 Å².